The molecule has 1 aromatic rings. The molecule has 0 bridgehead atoms. The van der Waals surface area contributed by atoms with Crippen LogP contribution in [0, 0.1) is 29.1 Å². The van der Waals surface area contributed by atoms with E-state index in [4.69, 9.17) is 15.2 Å². The predicted molar refractivity (Wildman–Crippen MR) is 160 cm³/mol. The topological polar surface area (TPSA) is 119 Å². The number of esters is 1. The number of allylic oxidation sites excluding steroid dienone is 4. The first-order valence-corrected chi connectivity index (χ1v) is 14.2. The van der Waals surface area contributed by atoms with Gasteiger partial charge in [-0.2, -0.15) is 0 Å². The van der Waals surface area contributed by atoms with Crippen LogP contribution >= 0.6 is 15.9 Å². The van der Waals surface area contributed by atoms with Crippen LogP contribution < -0.4 is 5.73 Å². The minimum atomic E-state index is -0.868. The van der Waals surface area contributed by atoms with Gasteiger partial charge in [0.25, 0.3) is 0 Å². The summed E-state index contributed by atoms with van der Waals surface area (Å²) < 4.78 is 11.4. The molecule has 0 fully saturated rings. The molecule has 0 saturated carbocycles. The number of halogens is 1. The van der Waals surface area contributed by atoms with Crippen molar-refractivity contribution in [3.8, 4) is 17.6 Å². The van der Waals surface area contributed by atoms with E-state index in [2.05, 4.69) is 27.8 Å². The van der Waals surface area contributed by atoms with Crippen molar-refractivity contribution in [1.29, 1.82) is 0 Å². The number of hydrogen-bond donors (Lipinski definition) is 3. The summed E-state index contributed by atoms with van der Waals surface area (Å²) in [4.78, 5) is 23.7. The Hall–Kier alpha value is -3.28. The van der Waals surface area contributed by atoms with E-state index in [0.29, 0.717) is 29.3 Å². The van der Waals surface area contributed by atoms with Crippen LogP contribution in [-0.4, -0.2) is 34.5 Å². The number of amides is 1. The van der Waals surface area contributed by atoms with Gasteiger partial charge in [0.1, 0.15) is 18.0 Å². The molecule has 216 valence electrons. The molecule has 1 heterocycles. The number of phenolic OH excluding ortho intramolecular Hbond substituents is 1. The molecule has 8 heteroatoms. The van der Waals surface area contributed by atoms with E-state index < -0.39 is 29.7 Å². The third-order valence-electron chi connectivity index (χ3n) is 6.64. The molecule has 5 atom stereocenters. The van der Waals surface area contributed by atoms with Crippen LogP contribution in [0.3, 0.4) is 0 Å². The Kier molecular flexibility index (Phi) is 13.3. The maximum Gasteiger partial charge on any atom is 0.404 e. The van der Waals surface area contributed by atoms with Gasteiger partial charge in [-0.05, 0) is 77.4 Å². The first-order chi connectivity index (χ1) is 18.9. The highest BCUT2D eigenvalue weighted by Crippen LogP contribution is 2.40. The van der Waals surface area contributed by atoms with Crippen LogP contribution in [-0.2, 0) is 14.3 Å². The molecule has 0 spiro atoms. The number of aliphatic hydroxyl groups excluding tert-OH is 1. The largest absolute Gasteiger partial charge is 0.507 e. The van der Waals surface area contributed by atoms with Crippen molar-refractivity contribution < 1.29 is 29.3 Å². The summed E-state index contributed by atoms with van der Waals surface area (Å²) in [6.45, 7) is 7.75. The Bertz CT molecular complexity index is 1190. The average molecular weight is 615 g/mol. The van der Waals surface area contributed by atoms with Gasteiger partial charge in [0.15, 0.2) is 0 Å². The highest BCUT2D eigenvalue weighted by atomic mass is 79.9. The lowest BCUT2D eigenvalue weighted by molar-refractivity contribution is -0.142. The molecule has 2 unspecified atom stereocenters. The zero-order chi connectivity index (χ0) is 29.7. The molecule has 1 amide bonds. The predicted octanol–water partition coefficient (Wildman–Crippen LogP) is 6.66. The van der Waals surface area contributed by atoms with Crippen molar-refractivity contribution in [1.82, 2.24) is 0 Å². The number of aromatic hydroxyl groups is 1. The molecule has 0 saturated heterocycles. The Morgan fingerprint density at radius 2 is 1.98 bits per heavy atom. The lowest BCUT2D eigenvalue weighted by atomic mass is 9.82. The second kappa shape index (κ2) is 16.1. The van der Waals surface area contributed by atoms with Crippen LogP contribution in [0.5, 0.6) is 5.75 Å². The highest BCUT2D eigenvalue weighted by molar-refractivity contribution is 9.10. The Morgan fingerprint density at radius 1 is 1.25 bits per heavy atom. The first-order valence-electron chi connectivity index (χ1n) is 13.4. The number of nitrogens with two attached hydrogens (primary N) is 1. The van der Waals surface area contributed by atoms with E-state index in [9.17, 15) is 19.8 Å². The van der Waals surface area contributed by atoms with Crippen molar-refractivity contribution in [3.05, 3.63) is 76.8 Å². The molecule has 0 radical (unpaired) electrons. The number of primary amides is 1. The lowest BCUT2D eigenvalue weighted by Crippen LogP contribution is -2.25. The van der Waals surface area contributed by atoms with E-state index in [-0.39, 0.29) is 23.7 Å². The van der Waals surface area contributed by atoms with Crippen molar-refractivity contribution in [2.75, 3.05) is 0 Å². The van der Waals surface area contributed by atoms with Crippen LogP contribution in [0.25, 0.3) is 0 Å². The summed E-state index contributed by atoms with van der Waals surface area (Å²) in [5, 5.41) is 20.8. The molecule has 7 nitrogen and oxygen atoms in total. The third-order valence-corrected chi connectivity index (χ3v) is 7.50. The van der Waals surface area contributed by atoms with Gasteiger partial charge in [-0.3, -0.25) is 0 Å². The van der Waals surface area contributed by atoms with Crippen molar-refractivity contribution in [2.45, 2.75) is 71.7 Å². The number of carbonyl (C=O) groups is 2. The SMILES string of the molecule is C[C@@H]1/C=C/[C@@H](C)C(/C=C/C#C/C=C/C(C)(C)C(O)c2cccc(O)c2Br)OC(=O)/C=C\CCC[C@H](OC(N)=O)C1. The minimum Gasteiger partial charge on any atom is -0.507 e. The van der Waals surface area contributed by atoms with Crippen molar-refractivity contribution in [3.63, 3.8) is 0 Å². The van der Waals surface area contributed by atoms with Gasteiger partial charge in [-0.25, -0.2) is 9.59 Å². The van der Waals surface area contributed by atoms with Gasteiger partial charge in [0.05, 0.1) is 10.6 Å². The van der Waals surface area contributed by atoms with Gasteiger partial charge in [-0.15, -0.1) is 0 Å². The number of phenols is 1. The van der Waals surface area contributed by atoms with Gasteiger partial charge < -0.3 is 25.4 Å². The van der Waals surface area contributed by atoms with Crippen LogP contribution in [0.1, 0.15) is 65.0 Å². The van der Waals surface area contributed by atoms with E-state index in [1.54, 1.807) is 42.5 Å². The number of cyclic esters (lactones) is 1. The maximum absolute atomic E-state index is 12.4. The lowest BCUT2D eigenvalue weighted by Gasteiger charge is -2.28. The van der Waals surface area contributed by atoms with E-state index in [0.717, 1.165) is 6.42 Å². The second-order valence-electron chi connectivity index (χ2n) is 10.6. The van der Waals surface area contributed by atoms with Crippen molar-refractivity contribution in [2.24, 2.45) is 23.0 Å². The maximum atomic E-state index is 12.4. The molecule has 1 aliphatic heterocycles. The average Bonchev–Trinajstić information content (AvgIpc) is 2.88. The number of carbonyl (C=O) groups excluding carboxylic acids is 2. The summed E-state index contributed by atoms with van der Waals surface area (Å²) in [6.07, 6.45) is 14.3. The molecule has 40 heavy (non-hydrogen) atoms. The number of ether oxygens (including phenoxy) is 2. The number of hydrogen-bond acceptors (Lipinski definition) is 6. The third kappa shape index (κ3) is 11.1. The fourth-order valence-corrected chi connectivity index (χ4v) is 4.71. The fourth-order valence-electron chi connectivity index (χ4n) is 4.23. The molecule has 2 rings (SSSR count). The molecular formula is C32H40BrNO6. The molecule has 1 aromatic carbocycles. The van der Waals surface area contributed by atoms with Gasteiger partial charge in [0, 0.05) is 17.4 Å². The zero-order valence-electron chi connectivity index (χ0n) is 23.5. The van der Waals surface area contributed by atoms with E-state index >= 15 is 0 Å². The Labute approximate surface area is 246 Å². The second-order valence-corrected chi connectivity index (χ2v) is 11.4. The van der Waals surface area contributed by atoms with Crippen LogP contribution in [0.2, 0.25) is 0 Å². The molecular weight excluding hydrogens is 574 g/mol. The van der Waals surface area contributed by atoms with E-state index in [1.807, 2.05) is 45.9 Å². The molecule has 4 N–H and O–H groups in total. The zero-order valence-corrected chi connectivity index (χ0v) is 25.1. The standard InChI is InChI=1S/C32H40BrNO6/c1-22-18-19-23(2)27(40-28(36)17-10-7-8-13-24(21-22)39-31(34)38)16-9-5-6-11-20-32(3,4)30(37)25-14-12-15-26(35)29(25)33/h9-12,14-20,22-24,27,30,35,37H,7-8,13,21H2,1-4H3,(H2,34,38)/b16-9+,17-10-,19-18+,20-11+/t22-,23-,24+,27?,30?/m1/s1. The summed E-state index contributed by atoms with van der Waals surface area (Å²) in [5.74, 6) is 5.51. The summed E-state index contributed by atoms with van der Waals surface area (Å²) in [5.41, 5.74) is 5.17. The number of rotatable bonds is 5. The van der Waals surface area contributed by atoms with Gasteiger partial charge >= 0.3 is 12.1 Å². The molecule has 1 aliphatic rings. The summed E-state index contributed by atoms with van der Waals surface area (Å²) >= 11 is 3.33. The summed E-state index contributed by atoms with van der Waals surface area (Å²) in [7, 11) is 0. The van der Waals surface area contributed by atoms with Crippen LogP contribution in [0.4, 0.5) is 4.79 Å². The molecule has 0 aromatic heterocycles. The highest BCUT2D eigenvalue weighted by Gasteiger charge is 2.28. The van der Waals surface area contributed by atoms with Crippen LogP contribution in [0.15, 0.2) is 71.3 Å². The van der Waals surface area contributed by atoms with E-state index in [1.165, 1.54) is 6.08 Å². The molecule has 0 aliphatic carbocycles. The fraction of sp³-hybridized carbons (Fsp3) is 0.438. The van der Waals surface area contributed by atoms with Gasteiger partial charge in [0.2, 0.25) is 0 Å². The number of benzene rings is 1. The Morgan fingerprint density at radius 3 is 2.70 bits per heavy atom. The van der Waals surface area contributed by atoms with Crippen molar-refractivity contribution >= 4 is 28.0 Å². The number of aliphatic hydroxyl groups is 1. The smallest absolute Gasteiger partial charge is 0.404 e. The first kappa shape index (κ1) is 32.9. The summed E-state index contributed by atoms with van der Waals surface area (Å²) in [6, 6.07) is 4.99. The quantitative estimate of drug-likeness (QED) is 0.194. The Balaban J connectivity index is 2.12. The monoisotopic (exact) mass is 613 g/mol. The van der Waals surface area contributed by atoms with Gasteiger partial charge in [-0.1, -0.05) is 76.0 Å². The minimum absolute atomic E-state index is 0.0649. The normalized spacial score (nSPS) is 25.3.